The summed E-state index contributed by atoms with van der Waals surface area (Å²) in [6.45, 7) is 4.78. The van der Waals surface area contributed by atoms with Crippen molar-refractivity contribution in [3.63, 3.8) is 0 Å². The molecule has 7 heteroatoms. The molecule has 0 radical (unpaired) electrons. The molecule has 1 atom stereocenters. The number of hydrogen-bond donors (Lipinski definition) is 2. The molecule has 1 fully saturated rings. The Balaban J connectivity index is 0.00000338. The van der Waals surface area contributed by atoms with Crippen molar-refractivity contribution in [1.82, 2.24) is 15.1 Å². The highest BCUT2D eigenvalue weighted by atomic mass is 35.5. The minimum atomic E-state index is -0.792. The first-order valence-electron chi connectivity index (χ1n) is 8.90. The van der Waals surface area contributed by atoms with E-state index in [1.807, 2.05) is 37.1 Å². The lowest BCUT2D eigenvalue weighted by Crippen LogP contribution is -2.39. The van der Waals surface area contributed by atoms with Gasteiger partial charge in [0.1, 0.15) is 0 Å². The van der Waals surface area contributed by atoms with Crippen molar-refractivity contribution in [1.29, 1.82) is 0 Å². The minimum absolute atomic E-state index is 0. The number of rotatable bonds is 7. The summed E-state index contributed by atoms with van der Waals surface area (Å²) < 4.78 is 0. The standard InChI is InChI=1S/C19H29N3O3.ClH/c1-15-5-3-6-16(11-15)12-20-18(23)13-22-9-4-7-17(8-10-22)21(2)14-19(24)25;/h3,5-6,11,17H,4,7-10,12-14H2,1-2H3,(H,20,23)(H,24,25);1H. The number of likely N-dealkylation sites (N-methyl/N-ethyl adjacent to an activating group) is 1. The number of carboxylic acids is 1. The molecule has 6 nitrogen and oxygen atoms in total. The average molecular weight is 384 g/mol. The van der Waals surface area contributed by atoms with Gasteiger partial charge in [-0.25, -0.2) is 0 Å². The van der Waals surface area contributed by atoms with Crippen LogP contribution in [0.4, 0.5) is 0 Å². The van der Waals surface area contributed by atoms with Gasteiger partial charge in [0.05, 0.1) is 13.1 Å². The van der Waals surface area contributed by atoms with Crippen LogP contribution in [0.15, 0.2) is 24.3 Å². The summed E-state index contributed by atoms with van der Waals surface area (Å²) in [5.41, 5.74) is 2.30. The fourth-order valence-corrected chi connectivity index (χ4v) is 3.36. The van der Waals surface area contributed by atoms with E-state index >= 15 is 0 Å². The Hall–Kier alpha value is -1.63. The topological polar surface area (TPSA) is 72.9 Å². The van der Waals surface area contributed by atoms with Crippen LogP contribution in [0.2, 0.25) is 0 Å². The Morgan fingerprint density at radius 3 is 2.77 bits per heavy atom. The predicted octanol–water partition coefficient (Wildman–Crippen LogP) is 1.90. The van der Waals surface area contributed by atoms with Gasteiger partial charge in [-0.05, 0) is 45.3 Å². The van der Waals surface area contributed by atoms with Gasteiger partial charge in [0.2, 0.25) is 5.91 Å². The minimum Gasteiger partial charge on any atom is -0.480 e. The number of aliphatic carboxylic acids is 1. The highest BCUT2D eigenvalue weighted by Gasteiger charge is 2.22. The Morgan fingerprint density at radius 2 is 2.08 bits per heavy atom. The number of hydrogen-bond acceptors (Lipinski definition) is 4. The molecule has 1 heterocycles. The van der Waals surface area contributed by atoms with Crippen molar-refractivity contribution in [2.75, 3.05) is 33.2 Å². The lowest BCUT2D eigenvalue weighted by atomic mass is 10.1. The lowest BCUT2D eigenvalue weighted by Gasteiger charge is -2.25. The summed E-state index contributed by atoms with van der Waals surface area (Å²) >= 11 is 0. The zero-order chi connectivity index (χ0) is 18.2. The summed E-state index contributed by atoms with van der Waals surface area (Å²) in [6, 6.07) is 8.41. The number of amides is 1. The van der Waals surface area contributed by atoms with Crippen LogP contribution in [0, 0.1) is 6.92 Å². The van der Waals surface area contributed by atoms with Gasteiger partial charge < -0.3 is 10.4 Å². The van der Waals surface area contributed by atoms with Crippen LogP contribution in [0.1, 0.15) is 30.4 Å². The van der Waals surface area contributed by atoms with E-state index in [1.54, 1.807) is 0 Å². The van der Waals surface area contributed by atoms with E-state index in [9.17, 15) is 9.59 Å². The number of halogens is 1. The first-order valence-corrected chi connectivity index (χ1v) is 8.90. The first-order chi connectivity index (χ1) is 11.9. The van der Waals surface area contributed by atoms with Gasteiger partial charge in [0, 0.05) is 19.1 Å². The Kier molecular flexibility index (Phi) is 9.62. The molecule has 2 N–H and O–H groups in total. The Labute approximate surface area is 162 Å². The third-order valence-electron chi connectivity index (χ3n) is 4.74. The molecule has 1 aliphatic heterocycles. The lowest BCUT2D eigenvalue weighted by molar-refractivity contribution is -0.138. The molecule has 1 unspecified atom stereocenters. The van der Waals surface area contributed by atoms with Crippen molar-refractivity contribution in [2.24, 2.45) is 0 Å². The maximum absolute atomic E-state index is 12.2. The van der Waals surface area contributed by atoms with Crippen LogP contribution >= 0.6 is 12.4 Å². The van der Waals surface area contributed by atoms with E-state index in [2.05, 4.69) is 16.3 Å². The van der Waals surface area contributed by atoms with Crippen molar-refractivity contribution in [3.05, 3.63) is 35.4 Å². The van der Waals surface area contributed by atoms with E-state index in [0.29, 0.717) is 13.1 Å². The second kappa shape index (κ2) is 11.2. The molecule has 0 aromatic heterocycles. The molecule has 0 spiro atoms. The number of carbonyl (C=O) groups excluding carboxylic acids is 1. The third kappa shape index (κ3) is 7.72. The van der Waals surface area contributed by atoms with Crippen LogP contribution in [-0.2, 0) is 16.1 Å². The van der Waals surface area contributed by atoms with E-state index in [0.717, 1.165) is 37.9 Å². The zero-order valence-electron chi connectivity index (χ0n) is 15.6. The number of benzene rings is 1. The summed E-state index contributed by atoms with van der Waals surface area (Å²) in [4.78, 5) is 27.1. The molecular formula is C19H30ClN3O3. The summed E-state index contributed by atoms with van der Waals surface area (Å²) in [5.74, 6) is -0.752. The maximum atomic E-state index is 12.2. The highest BCUT2D eigenvalue weighted by molar-refractivity contribution is 5.85. The fraction of sp³-hybridized carbons (Fsp3) is 0.579. The first kappa shape index (κ1) is 22.4. The fourth-order valence-electron chi connectivity index (χ4n) is 3.36. The molecule has 1 saturated heterocycles. The van der Waals surface area contributed by atoms with E-state index in [4.69, 9.17) is 5.11 Å². The number of likely N-dealkylation sites (tertiary alicyclic amines) is 1. The van der Waals surface area contributed by atoms with E-state index in [-0.39, 0.29) is 30.9 Å². The van der Waals surface area contributed by atoms with Crippen LogP contribution < -0.4 is 5.32 Å². The molecule has 0 bridgehead atoms. The van der Waals surface area contributed by atoms with Gasteiger partial charge in [-0.15, -0.1) is 12.4 Å². The van der Waals surface area contributed by atoms with Gasteiger partial charge in [0.15, 0.2) is 0 Å². The summed E-state index contributed by atoms with van der Waals surface area (Å²) in [7, 11) is 1.86. The summed E-state index contributed by atoms with van der Waals surface area (Å²) in [5, 5.41) is 11.9. The number of carbonyl (C=O) groups is 2. The molecule has 26 heavy (non-hydrogen) atoms. The van der Waals surface area contributed by atoms with Crippen LogP contribution in [0.5, 0.6) is 0 Å². The van der Waals surface area contributed by atoms with Crippen molar-refractivity contribution in [3.8, 4) is 0 Å². The van der Waals surface area contributed by atoms with E-state index in [1.165, 1.54) is 5.56 Å². The highest BCUT2D eigenvalue weighted by Crippen LogP contribution is 2.15. The smallest absolute Gasteiger partial charge is 0.317 e. The SMILES string of the molecule is Cc1cccc(CNC(=O)CN2CCCC(N(C)CC(=O)O)CC2)c1.Cl. The molecule has 0 aliphatic carbocycles. The molecule has 1 aromatic carbocycles. The van der Waals surface area contributed by atoms with Crippen LogP contribution in [-0.4, -0.2) is 66.1 Å². The van der Waals surface area contributed by atoms with Gasteiger partial charge in [0.25, 0.3) is 0 Å². The average Bonchev–Trinajstić information content (AvgIpc) is 2.78. The summed E-state index contributed by atoms with van der Waals surface area (Å²) in [6.07, 6.45) is 2.86. The second-order valence-electron chi connectivity index (χ2n) is 6.94. The van der Waals surface area contributed by atoms with Gasteiger partial charge in [-0.3, -0.25) is 19.4 Å². The molecule has 1 aliphatic rings. The molecular weight excluding hydrogens is 354 g/mol. The number of nitrogens with zero attached hydrogens (tertiary/aromatic N) is 2. The second-order valence-corrected chi connectivity index (χ2v) is 6.94. The maximum Gasteiger partial charge on any atom is 0.317 e. The van der Waals surface area contributed by atoms with Crippen molar-refractivity contribution in [2.45, 2.75) is 38.8 Å². The molecule has 2 rings (SSSR count). The van der Waals surface area contributed by atoms with Gasteiger partial charge in [-0.2, -0.15) is 0 Å². The monoisotopic (exact) mass is 383 g/mol. The van der Waals surface area contributed by atoms with Crippen molar-refractivity contribution < 1.29 is 14.7 Å². The van der Waals surface area contributed by atoms with Crippen LogP contribution in [0.25, 0.3) is 0 Å². The molecule has 146 valence electrons. The van der Waals surface area contributed by atoms with Crippen LogP contribution in [0.3, 0.4) is 0 Å². The molecule has 0 saturated carbocycles. The quantitative estimate of drug-likeness (QED) is 0.752. The number of carboxylic acid groups (broad SMARTS) is 1. The molecule has 1 aromatic rings. The normalized spacial score (nSPS) is 18.0. The van der Waals surface area contributed by atoms with Gasteiger partial charge >= 0.3 is 5.97 Å². The van der Waals surface area contributed by atoms with Crippen molar-refractivity contribution >= 4 is 24.3 Å². The van der Waals surface area contributed by atoms with E-state index < -0.39 is 5.97 Å². The Morgan fingerprint density at radius 1 is 1.31 bits per heavy atom. The molecule has 1 amide bonds. The number of aryl methyl sites for hydroxylation is 1. The number of nitrogens with one attached hydrogen (secondary N) is 1. The zero-order valence-corrected chi connectivity index (χ0v) is 16.4. The predicted molar refractivity (Wildman–Crippen MR) is 105 cm³/mol. The third-order valence-corrected chi connectivity index (χ3v) is 4.74. The van der Waals surface area contributed by atoms with Gasteiger partial charge in [-0.1, -0.05) is 29.8 Å². The Bertz CT molecular complexity index is 597. The largest absolute Gasteiger partial charge is 0.480 e.